The summed E-state index contributed by atoms with van der Waals surface area (Å²) in [5.41, 5.74) is 0.577. The van der Waals surface area contributed by atoms with E-state index in [4.69, 9.17) is 4.74 Å². The molecule has 0 aliphatic carbocycles. The van der Waals surface area contributed by atoms with E-state index >= 15 is 0 Å². The minimum atomic E-state index is -0.468. The molecule has 1 N–H and O–H groups in total. The molecule has 1 fully saturated rings. The van der Waals surface area contributed by atoms with E-state index in [2.05, 4.69) is 5.32 Å². The van der Waals surface area contributed by atoms with Gasteiger partial charge in [0, 0.05) is 19.6 Å². The van der Waals surface area contributed by atoms with Crippen molar-refractivity contribution in [3.8, 4) is 0 Å². The molecule has 2 rings (SSSR count). The molecule has 1 atom stereocenters. The Morgan fingerprint density at radius 2 is 2.23 bits per heavy atom. The first-order valence-electron chi connectivity index (χ1n) is 7.59. The molecule has 6 heteroatoms. The van der Waals surface area contributed by atoms with Crippen LogP contribution in [0.3, 0.4) is 0 Å². The number of likely N-dealkylation sites (tertiary alicyclic amines) is 1. The average Bonchev–Trinajstić information content (AvgIpc) is 3.05. The van der Waals surface area contributed by atoms with Crippen LogP contribution < -0.4 is 5.32 Å². The van der Waals surface area contributed by atoms with Gasteiger partial charge < -0.3 is 15.0 Å². The SMILES string of the molecule is CC(C)(C)OC(=O)N1CC[C@H](CNC(=O)Cc2ccsc2)C1. The molecule has 122 valence electrons. The highest BCUT2D eigenvalue weighted by Crippen LogP contribution is 2.19. The van der Waals surface area contributed by atoms with E-state index in [-0.39, 0.29) is 12.0 Å². The zero-order chi connectivity index (χ0) is 16.2. The molecule has 1 aromatic rings. The molecular weight excluding hydrogens is 300 g/mol. The molecule has 2 heterocycles. The van der Waals surface area contributed by atoms with E-state index in [1.807, 2.05) is 37.6 Å². The van der Waals surface area contributed by atoms with Crippen molar-refractivity contribution < 1.29 is 14.3 Å². The van der Waals surface area contributed by atoms with E-state index in [0.717, 1.165) is 12.0 Å². The minimum absolute atomic E-state index is 0.0362. The van der Waals surface area contributed by atoms with Crippen molar-refractivity contribution in [3.63, 3.8) is 0 Å². The van der Waals surface area contributed by atoms with Crippen LogP contribution in [0.15, 0.2) is 16.8 Å². The molecule has 1 aliphatic rings. The third-order valence-corrected chi connectivity index (χ3v) is 4.20. The molecule has 1 aromatic heterocycles. The summed E-state index contributed by atoms with van der Waals surface area (Å²) in [5.74, 6) is 0.341. The first kappa shape index (κ1) is 16.8. The quantitative estimate of drug-likeness (QED) is 0.926. The van der Waals surface area contributed by atoms with Crippen LogP contribution in [0.5, 0.6) is 0 Å². The second-order valence-corrected chi connectivity index (χ2v) is 7.47. The molecule has 1 saturated heterocycles. The number of thiophene rings is 1. The Morgan fingerprint density at radius 1 is 1.45 bits per heavy atom. The summed E-state index contributed by atoms with van der Waals surface area (Å²) < 4.78 is 5.37. The molecule has 0 radical (unpaired) electrons. The summed E-state index contributed by atoms with van der Waals surface area (Å²) in [4.78, 5) is 25.6. The van der Waals surface area contributed by atoms with Gasteiger partial charge in [-0.25, -0.2) is 4.79 Å². The second kappa shape index (κ2) is 7.13. The number of rotatable bonds is 4. The lowest BCUT2D eigenvalue weighted by atomic mass is 10.1. The van der Waals surface area contributed by atoms with Gasteiger partial charge in [-0.3, -0.25) is 4.79 Å². The number of hydrogen-bond donors (Lipinski definition) is 1. The zero-order valence-corrected chi connectivity index (χ0v) is 14.2. The van der Waals surface area contributed by atoms with E-state index in [9.17, 15) is 9.59 Å². The Balaban J connectivity index is 1.70. The lowest BCUT2D eigenvalue weighted by molar-refractivity contribution is -0.120. The first-order valence-corrected chi connectivity index (χ1v) is 8.53. The van der Waals surface area contributed by atoms with Crippen LogP contribution in [-0.4, -0.2) is 42.1 Å². The number of ether oxygens (including phenoxy) is 1. The second-order valence-electron chi connectivity index (χ2n) is 6.69. The maximum Gasteiger partial charge on any atom is 0.410 e. The monoisotopic (exact) mass is 324 g/mol. The van der Waals surface area contributed by atoms with Crippen LogP contribution in [0, 0.1) is 5.92 Å². The fourth-order valence-corrected chi connectivity index (χ4v) is 3.06. The number of amides is 2. The van der Waals surface area contributed by atoms with Gasteiger partial charge in [-0.05, 0) is 55.5 Å². The van der Waals surface area contributed by atoms with Crippen molar-refractivity contribution in [1.82, 2.24) is 10.2 Å². The number of nitrogens with one attached hydrogen (secondary N) is 1. The fraction of sp³-hybridized carbons (Fsp3) is 0.625. The molecular formula is C16H24N2O3S. The van der Waals surface area contributed by atoms with Crippen molar-refractivity contribution in [2.75, 3.05) is 19.6 Å². The Bertz CT molecular complexity index is 508. The smallest absolute Gasteiger partial charge is 0.410 e. The lowest BCUT2D eigenvalue weighted by Crippen LogP contribution is -2.36. The van der Waals surface area contributed by atoms with E-state index in [1.54, 1.807) is 16.2 Å². The molecule has 0 bridgehead atoms. The first-order chi connectivity index (χ1) is 10.3. The lowest BCUT2D eigenvalue weighted by Gasteiger charge is -2.24. The molecule has 5 nitrogen and oxygen atoms in total. The molecule has 0 spiro atoms. The summed E-state index contributed by atoms with van der Waals surface area (Å²) in [6, 6.07) is 1.96. The van der Waals surface area contributed by atoms with Gasteiger partial charge in [0.15, 0.2) is 0 Å². The molecule has 0 saturated carbocycles. The molecule has 2 amide bonds. The van der Waals surface area contributed by atoms with Gasteiger partial charge in [-0.1, -0.05) is 0 Å². The van der Waals surface area contributed by atoms with Gasteiger partial charge in [0.25, 0.3) is 0 Å². The number of carbonyl (C=O) groups is 2. The van der Waals surface area contributed by atoms with Gasteiger partial charge in [-0.15, -0.1) is 0 Å². The van der Waals surface area contributed by atoms with Crippen LogP contribution in [-0.2, 0) is 16.0 Å². The van der Waals surface area contributed by atoms with Crippen LogP contribution in [0.1, 0.15) is 32.8 Å². The van der Waals surface area contributed by atoms with Crippen molar-refractivity contribution in [2.45, 2.75) is 39.2 Å². The normalized spacial score (nSPS) is 18.3. The Kier molecular flexibility index (Phi) is 5.45. The minimum Gasteiger partial charge on any atom is -0.444 e. The molecule has 1 aliphatic heterocycles. The van der Waals surface area contributed by atoms with Crippen molar-refractivity contribution in [2.24, 2.45) is 5.92 Å². The maximum atomic E-state index is 12.0. The van der Waals surface area contributed by atoms with E-state index in [1.165, 1.54) is 0 Å². The van der Waals surface area contributed by atoms with Crippen LogP contribution in [0.2, 0.25) is 0 Å². The largest absolute Gasteiger partial charge is 0.444 e. The Labute approximate surface area is 135 Å². The van der Waals surface area contributed by atoms with Crippen molar-refractivity contribution >= 4 is 23.3 Å². The van der Waals surface area contributed by atoms with Crippen LogP contribution in [0.25, 0.3) is 0 Å². The standard InChI is InChI=1S/C16H24N2O3S/c1-16(2,3)21-15(20)18-6-4-13(10-18)9-17-14(19)8-12-5-7-22-11-12/h5,7,11,13H,4,6,8-10H2,1-3H3,(H,17,19)/t13-/m1/s1. The summed E-state index contributed by atoms with van der Waals surface area (Å²) in [5, 5.41) is 6.91. The van der Waals surface area contributed by atoms with Crippen molar-refractivity contribution in [3.05, 3.63) is 22.4 Å². The predicted octanol–water partition coefficient (Wildman–Crippen LogP) is 2.66. The van der Waals surface area contributed by atoms with Gasteiger partial charge in [0.2, 0.25) is 5.91 Å². The average molecular weight is 324 g/mol. The number of nitrogens with zero attached hydrogens (tertiary/aromatic N) is 1. The predicted molar refractivity (Wildman–Crippen MR) is 86.9 cm³/mol. The summed E-state index contributed by atoms with van der Waals surface area (Å²) in [7, 11) is 0. The maximum absolute atomic E-state index is 12.0. The highest BCUT2D eigenvalue weighted by molar-refractivity contribution is 7.07. The highest BCUT2D eigenvalue weighted by Gasteiger charge is 2.29. The number of carbonyl (C=O) groups excluding carboxylic acids is 2. The van der Waals surface area contributed by atoms with Gasteiger partial charge in [-0.2, -0.15) is 11.3 Å². The zero-order valence-electron chi connectivity index (χ0n) is 13.4. The Hall–Kier alpha value is -1.56. The summed E-state index contributed by atoms with van der Waals surface area (Å²) in [6.07, 6.45) is 1.06. The number of hydrogen-bond acceptors (Lipinski definition) is 4. The third-order valence-electron chi connectivity index (χ3n) is 3.47. The van der Waals surface area contributed by atoms with Gasteiger partial charge in [0.05, 0.1) is 6.42 Å². The van der Waals surface area contributed by atoms with Gasteiger partial charge in [0.1, 0.15) is 5.60 Å². The van der Waals surface area contributed by atoms with Crippen molar-refractivity contribution in [1.29, 1.82) is 0 Å². The third kappa shape index (κ3) is 5.33. The molecule has 0 aromatic carbocycles. The highest BCUT2D eigenvalue weighted by atomic mass is 32.1. The topological polar surface area (TPSA) is 58.6 Å². The Morgan fingerprint density at radius 3 is 2.86 bits per heavy atom. The van der Waals surface area contributed by atoms with Gasteiger partial charge >= 0.3 is 6.09 Å². The summed E-state index contributed by atoms with van der Waals surface area (Å²) in [6.45, 7) is 7.55. The van der Waals surface area contributed by atoms with E-state index in [0.29, 0.717) is 32.0 Å². The summed E-state index contributed by atoms with van der Waals surface area (Å²) >= 11 is 1.59. The van der Waals surface area contributed by atoms with Crippen LogP contribution >= 0.6 is 11.3 Å². The van der Waals surface area contributed by atoms with Crippen LogP contribution in [0.4, 0.5) is 4.79 Å². The molecule has 22 heavy (non-hydrogen) atoms. The molecule has 0 unspecified atom stereocenters. The van der Waals surface area contributed by atoms with E-state index < -0.39 is 5.60 Å². The fourth-order valence-electron chi connectivity index (χ4n) is 2.39.